The van der Waals surface area contributed by atoms with E-state index in [-0.39, 0.29) is 37.6 Å². The first-order valence-corrected chi connectivity index (χ1v) is 8.96. The minimum atomic E-state index is -0.857. The lowest BCUT2D eigenvalue weighted by atomic mass is 10.2. The number of nitrogens with one attached hydrogen (secondary N) is 1. The molecule has 1 N–H and O–H groups in total. The van der Waals surface area contributed by atoms with E-state index in [0.717, 1.165) is 0 Å². The molecule has 150 valence electrons. The molecule has 1 amide bonds. The topological polar surface area (TPSA) is 100 Å². The normalized spacial score (nSPS) is 24.7. The van der Waals surface area contributed by atoms with Crippen molar-refractivity contribution >= 4 is 18.0 Å². The molecule has 26 heavy (non-hydrogen) atoms. The number of hydrogen-bond acceptors (Lipinski definition) is 7. The molecule has 3 atom stereocenters. The Morgan fingerprint density at radius 3 is 2.54 bits per heavy atom. The highest BCUT2D eigenvalue weighted by Crippen LogP contribution is 2.14. The van der Waals surface area contributed by atoms with E-state index in [2.05, 4.69) is 5.32 Å². The first-order valence-electron chi connectivity index (χ1n) is 8.96. The van der Waals surface area contributed by atoms with Crippen molar-refractivity contribution in [3.05, 3.63) is 0 Å². The van der Waals surface area contributed by atoms with Crippen molar-refractivity contribution in [3.63, 3.8) is 0 Å². The molecule has 1 aliphatic rings. The molecule has 1 fully saturated rings. The molecule has 0 aromatic carbocycles. The second kappa shape index (κ2) is 9.75. The predicted octanol–water partition coefficient (Wildman–Crippen LogP) is 2.19. The molecule has 0 saturated carbocycles. The van der Waals surface area contributed by atoms with Gasteiger partial charge in [0.15, 0.2) is 0 Å². The van der Waals surface area contributed by atoms with Gasteiger partial charge in [-0.2, -0.15) is 0 Å². The molecule has 0 spiro atoms. The van der Waals surface area contributed by atoms with Crippen LogP contribution >= 0.6 is 0 Å². The summed E-state index contributed by atoms with van der Waals surface area (Å²) < 4.78 is 21.5. The number of rotatable bonds is 4. The Balaban J connectivity index is 2.62. The van der Waals surface area contributed by atoms with E-state index in [1.54, 1.807) is 41.5 Å². The van der Waals surface area contributed by atoms with Gasteiger partial charge in [-0.3, -0.25) is 4.79 Å². The number of esters is 2. The lowest BCUT2D eigenvalue weighted by Gasteiger charge is -2.23. The Kier molecular flexibility index (Phi) is 8.33. The number of hydrogen-bond donors (Lipinski definition) is 1. The minimum Gasteiger partial charge on any atom is -0.463 e. The zero-order valence-corrected chi connectivity index (χ0v) is 16.5. The van der Waals surface area contributed by atoms with Gasteiger partial charge >= 0.3 is 18.0 Å². The summed E-state index contributed by atoms with van der Waals surface area (Å²) in [7, 11) is 0. The number of carbonyl (C=O) groups excluding carboxylic acids is 3. The lowest BCUT2D eigenvalue weighted by molar-refractivity contribution is -0.155. The monoisotopic (exact) mass is 373 g/mol. The van der Waals surface area contributed by atoms with Gasteiger partial charge in [0.05, 0.1) is 12.0 Å². The average Bonchev–Trinajstić information content (AvgIpc) is 2.53. The fourth-order valence-corrected chi connectivity index (χ4v) is 2.28. The van der Waals surface area contributed by atoms with Crippen LogP contribution in [0, 0.1) is 5.92 Å². The number of ether oxygens (including phenoxy) is 4. The van der Waals surface area contributed by atoms with Crippen molar-refractivity contribution in [2.24, 2.45) is 5.92 Å². The number of cyclic esters (lactones) is 1. The van der Waals surface area contributed by atoms with Gasteiger partial charge in [-0.05, 0) is 27.7 Å². The highest BCUT2D eigenvalue weighted by atomic mass is 16.6. The van der Waals surface area contributed by atoms with Gasteiger partial charge in [0, 0.05) is 19.4 Å². The molecule has 8 heteroatoms. The van der Waals surface area contributed by atoms with Gasteiger partial charge < -0.3 is 24.3 Å². The van der Waals surface area contributed by atoms with Crippen LogP contribution in [0.3, 0.4) is 0 Å². The molecule has 0 radical (unpaired) electrons. The van der Waals surface area contributed by atoms with Crippen molar-refractivity contribution in [3.8, 4) is 0 Å². The molecule has 1 saturated heterocycles. The van der Waals surface area contributed by atoms with E-state index in [9.17, 15) is 14.4 Å². The Hall–Kier alpha value is -1.83. The van der Waals surface area contributed by atoms with Crippen LogP contribution < -0.4 is 5.32 Å². The van der Waals surface area contributed by atoms with E-state index in [0.29, 0.717) is 6.42 Å². The SMILES string of the molecule is CC(C)C(=O)OC[C@@H]1C[C@H](C)OC(=O)[C@@H](NC(=O)OC(C)(C)C)CCO1. The highest BCUT2D eigenvalue weighted by molar-refractivity contribution is 5.81. The maximum Gasteiger partial charge on any atom is 0.408 e. The molecule has 1 rings (SSSR count). The second-order valence-corrected chi connectivity index (χ2v) is 7.75. The fraction of sp³-hybridized carbons (Fsp3) is 0.833. The molecule has 1 heterocycles. The molecule has 0 bridgehead atoms. The summed E-state index contributed by atoms with van der Waals surface area (Å²) in [4.78, 5) is 35.8. The van der Waals surface area contributed by atoms with E-state index in [1.807, 2.05) is 0 Å². The maximum absolute atomic E-state index is 12.3. The van der Waals surface area contributed by atoms with Gasteiger partial charge in [-0.15, -0.1) is 0 Å². The Bertz CT molecular complexity index is 498. The second-order valence-electron chi connectivity index (χ2n) is 7.75. The first-order chi connectivity index (χ1) is 12.0. The molecular weight excluding hydrogens is 342 g/mol. The summed E-state index contributed by atoms with van der Waals surface area (Å²) in [6.45, 7) is 10.8. The van der Waals surface area contributed by atoms with Crippen molar-refractivity contribution in [1.82, 2.24) is 5.32 Å². The Morgan fingerprint density at radius 2 is 1.96 bits per heavy atom. The van der Waals surface area contributed by atoms with Crippen molar-refractivity contribution < 1.29 is 33.3 Å². The molecule has 1 aliphatic heterocycles. The Labute approximate surface area is 154 Å². The van der Waals surface area contributed by atoms with Crippen molar-refractivity contribution in [1.29, 1.82) is 0 Å². The highest BCUT2D eigenvalue weighted by Gasteiger charge is 2.30. The standard InChI is InChI=1S/C18H31NO7/c1-11(2)15(20)24-10-13-9-12(3)25-16(21)14(7-8-23-13)19-17(22)26-18(4,5)6/h11-14H,7-10H2,1-6H3,(H,19,22)/t12-,13-,14-/m0/s1. The van der Waals surface area contributed by atoms with E-state index in [4.69, 9.17) is 18.9 Å². The zero-order valence-electron chi connectivity index (χ0n) is 16.5. The lowest BCUT2D eigenvalue weighted by Crippen LogP contribution is -2.45. The molecule has 0 aromatic heterocycles. The van der Waals surface area contributed by atoms with Crippen LogP contribution in [-0.4, -0.2) is 55.1 Å². The van der Waals surface area contributed by atoms with Gasteiger partial charge in [0.2, 0.25) is 0 Å². The van der Waals surface area contributed by atoms with Crippen LogP contribution in [0.1, 0.15) is 54.4 Å². The van der Waals surface area contributed by atoms with E-state index in [1.165, 1.54) is 0 Å². The van der Waals surface area contributed by atoms with E-state index < -0.39 is 29.8 Å². The van der Waals surface area contributed by atoms with Gasteiger partial charge in [0.1, 0.15) is 24.4 Å². The summed E-state index contributed by atoms with van der Waals surface area (Å²) in [5.74, 6) is -1.06. The number of carbonyl (C=O) groups is 3. The molecule has 0 unspecified atom stereocenters. The Morgan fingerprint density at radius 1 is 1.31 bits per heavy atom. The summed E-state index contributed by atoms with van der Waals surface area (Å²) >= 11 is 0. The van der Waals surface area contributed by atoms with Crippen LogP contribution in [0.5, 0.6) is 0 Å². The summed E-state index contributed by atoms with van der Waals surface area (Å²) in [5, 5.41) is 2.52. The van der Waals surface area contributed by atoms with Crippen LogP contribution in [0.15, 0.2) is 0 Å². The van der Waals surface area contributed by atoms with Gasteiger partial charge in [-0.25, -0.2) is 9.59 Å². The van der Waals surface area contributed by atoms with Crippen LogP contribution in [0.25, 0.3) is 0 Å². The zero-order chi connectivity index (χ0) is 19.9. The molecule has 8 nitrogen and oxygen atoms in total. The van der Waals surface area contributed by atoms with Crippen molar-refractivity contribution in [2.45, 2.75) is 78.2 Å². The summed E-state index contributed by atoms with van der Waals surface area (Å²) in [6.07, 6.45) is -0.865. The summed E-state index contributed by atoms with van der Waals surface area (Å²) in [5.41, 5.74) is -0.665. The van der Waals surface area contributed by atoms with Gasteiger partial charge in [-0.1, -0.05) is 13.8 Å². The summed E-state index contributed by atoms with van der Waals surface area (Å²) in [6, 6.07) is -0.857. The third-order valence-corrected chi connectivity index (χ3v) is 3.53. The third kappa shape index (κ3) is 8.51. The third-order valence-electron chi connectivity index (χ3n) is 3.53. The quantitative estimate of drug-likeness (QED) is 0.595. The smallest absolute Gasteiger partial charge is 0.408 e. The molecular formula is C18H31NO7. The predicted molar refractivity (Wildman–Crippen MR) is 93.5 cm³/mol. The largest absolute Gasteiger partial charge is 0.463 e. The van der Waals surface area contributed by atoms with Crippen LogP contribution in [0.4, 0.5) is 4.79 Å². The van der Waals surface area contributed by atoms with Crippen LogP contribution in [-0.2, 0) is 28.5 Å². The molecule has 0 aromatic rings. The van der Waals surface area contributed by atoms with Crippen LogP contribution in [0.2, 0.25) is 0 Å². The molecule has 0 aliphatic carbocycles. The minimum absolute atomic E-state index is 0.100. The first kappa shape index (κ1) is 22.2. The van der Waals surface area contributed by atoms with Gasteiger partial charge in [0.25, 0.3) is 0 Å². The van der Waals surface area contributed by atoms with E-state index >= 15 is 0 Å². The fourth-order valence-electron chi connectivity index (χ4n) is 2.28. The number of amides is 1. The number of alkyl carbamates (subject to hydrolysis) is 1. The average molecular weight is 373 g/mol. The maximum atomic E-state index is 12.3. The van der Waals surface area contributed by atoms with Crippen molar-refractivity contribution in [2.75, 3.05) is 13.2 Å².